The summed E-state index contributed by atoms with van der Waals surface area (Å²) in [6.45, 7) is 5.05. The minimum absolute atomic E-state index is 0. The lowest BCUT2D eigenvalue weighted by Crippen LogP contribution is -2.31. The molecule has 1 atom stereocenters. The fourth-order valence-electron chi connectivity index (χ4n) is 2.40. The molecule has 1 fully saturated rings. The van der Waals surface area contributed by atoms with E-state index < -0.39 is 0 Å². The molecule has 3 nitrogen and oxygen atoms in total. The molecule has 0 aromatic heterocycles. The molecule has 1 N–H and O–H groups in total. The highest BCUT2D eigenvalue weighted by Crippen LogP contribution is 2.38. The van der Waals surface area contributed by atoms with Crippen LogP contribution in [0.15, 0.2) is 24.3 Å². The van der Waals surface area contributed by atoms with Crippen LogP contribution >= 0.6 is 35.8 Å². The van der Waals surface area contributed by atoms with E-state index in [0.29, 0.717) is 5.75 Å². The molecule has 0 radical (unpaired) electrons. The molecule has 1 saturated heterocycles. The third kappa shape index (κ3) is 5.65. The van der Waals surface area contributed by atoms with Crippen LogP contribution in [-0.4, -0.2) is 36.2 Å². The molecular formula is C16H24Cl2N2OS. The molecule has 1 amide bonds. The van der Waals surface area contributed by atoms with E-state index in [1.54, 1.807) is 11.8 Å². The molecule has 1 aliphatic heterocycles. The Morgan fingerprint density at radius 3 is 2.64 bits per heavy atom. The summed E-state index contributed by atoms with van der Waals surface area (Å²) < 4.78 is 0. The number of thioether (sulfide) groups is 1. The quantitative estimate of drug-likeness (QED) is 0.706. The highest BCUT2D eigenvalue weighted by atomic mass is 35.5. The lowest BCUT2D eigenvalue weighted by Gasteiger charge is -2.24. The summed E-state index contributed by atoms with van der Waals surface area (Å²) >= 11 is 7.63. The maximum atomic E-state index is 12.0. The fourth-order valence-corrected chi connectivity index (χ4v) is 3.75. The number of nitrogens with one attached hydrogen (secondary N) is 1. The standard InChI is InChI=1S/C16H23ClN2OS.ClH/c1-2-3-9-18-10-4-11-19-15(20)12-21-16(19)13-5-7-14(17)8-6-13;/h5-8,16,18H,2-4,9-12H2,1H3;1H. The van der Waals surface area contributed by atoms with Gasteiger partial charge in [-0.3, -0.25) is 4.79 Å². The number of halogens is 2. The van der Waals surface area contributed by atoms with Crippen LogP contribution in [0.25, 0.3) is 0 Å². The van der Waals surface area contributed by atoms with Gasteiger partial charge in [0.05, 0.1) is 5.75 Å². The zero-order valence-corrected chi connectivity index (χ0v) is 15.3. The predicted molar refractivity (Wildman–Crippen MR) is 98.0 cm³/mol. The van der Waals surface area contributed by atoms with Crippen molar-refractivity contribution < 1.29 is 4.79 Å². The maximum absolute atomic E-state index is 12.0. The molecule has 0 spiro atoms. The third-order valence-electron chi connectivity index (χ3n) is 3.58. The minimum atomic E-state index is 0. The number of nitrogens with zero attached hydrogens (tertiary/aromatic N) is 1. The average molecular weight is 363 g/mol. The summed E-state index contributed by atoms with van der Waals surface area (Å²) in [5.41, 5.74) is 1.16. The Labute approximate surface area is 148 Å². The molecule has 0 aliphatic carbocycles. The van der Waals surface area contributed by atoms with Gasteiger partial charge in [0.1, 0.15) is 5.37 Å². The Morgan fingerprint density at radius 1 is 1.27 bits per heavy atom. The van der Waals surface area contributed by atoms with Crippen molar-refractivity contribution in [1.29, 1.82) is 0 Å². The van der Waals surface area contributed by atoms with Gasteiger partial charge in [0.15, 0.2) is 0 Å². The highest BCUT2D eigenvalue weighted by molar-refractivity contribution is 8.00. The number of amides is 1. The Morgan fingerprint density at radius 2 is 1.95 bits per heavy atom. The van der Waals surface area contributed by atoms with Crippen molar-refractivity contribution in [3.05, 3.63) is 34.9 Å². The normalized spacial score (nSPS) is 17.6. The smallest absolute Gasteiger partial charge is 0.233 e. The van der Waals surface area contributed by atoms with E-state index in [1.807, 2.05) is 29.2 Å². The largest absolute Gasteiger partial charge is 0.326 e. The van der Waals surface area contributed by atoms with Gasteiger partial charge in [0.2, 0.25) is 5.91 Å². The second-order valence-corrected chi connectivity index (χ2v) is 6.76. The zero-order valence-electron chi connectivity index (χ0n) is 12.9. The lowest BCUT2D eigenvalue weighted by molar-refractivity contribution is -0.128. The van der Waals surface area contributed by atoms with E-state index in [-0.39, 0.29) is 23.7 Å². The summed E-state index contributed by atoms with van der Waals surface area (Å²) in [5.74, 6) is 0.824. The summed E-state index contributed by atoms with van der Waals surface area (Å²) in [6.07, 6.45) is 3.43. The van der Waals surface area contributed by atoms with E-state index in [2.05, 4.69) is 12.2 Å². The molecule has 124 valence electrons. The van der Waals surface area contributed by atoms with Gasteiger partial charge in [-0.25, -0.2) is 0 Å². The first-order valence-electron chi connectivity index (χ1n) is 7.59. The van der Waals surface area contributed by atoms with Crippen molar-refractivity contribution >= 4 is 41.7 Å². The van der Waals surface area contributed by atoms with Gasteiger partial charge in [-0.05, 0) is 43.6 Å². The highest BCUT2D eigenvalue weighted by Gasteiger charge is 2.32. The van der Waals surface area contributed by atoms with E-state index in [0.717, 1.165) is 36.6 Å². The first-order valence-corrected chi connectivity index (χ1v) is 9.02. The van der Waals surface area contributed by atoms with Crippen LogP contribution in [0.2, 0.25) is 5.02 Å². The van der Waals surface area contributed by atoms with E-state index in [9.17, 15) is 4.79 Å². The number of rotatable bonds is 8. The van der Waals surface area contributed by atoms with Gasteiger partial charge < -0.3 is 10.2 Å². The Kier molecular flexibility index (Phi) is 9.25. The Hall–Kier alpha value is -0.420. The number of unbranched alkanes of at least 4 members (excludes halogenated alkanes) is 1. The topological polar surface area (TPSA) is 32.3 Å². The number of carbonyl (C=O) groups is 1. The molecule has 0 bridgehead atoms. The molecule has 2 rings (SSSR count). The molecule has 1 aliphatic rings. The van der Waals surface area contributed by atoms with Crippen molar-refractivity contribution in [2.45, 2.75) is 31.6 Å². The molecule has 1 aromatic rings. The summed E-state index contributed by atoms with van der Waals surface area (Å²) in [5, 5.41) is 4.30. The van der Waals surface area contributed by atoms with Crippen LogP contribution in [0.1, 0.15) is 37.1 Å². The second-order valence-electron chi connectivity index (χ2n) is 5.26. The van der Waals surface area contributed by atoms with Crippen LogP contribution in [0.3, 0.4) is 0 Å². The van der Waals surface area contributed by atoms with Crippen LogP contribution in [0.4, 0.5) is 0 Å². The van der Waals surface area contributed by atoms with E-state index in [1.165, 1.54) is 12.8 Å². The second kappa shape index (κ2) is 10.4. The van der Waals surface area contributed by atoms with E-state index >= 15 is 0 Å². The number of carbonyl (C=O) groups excluding carboxylic acids is 1. The first kappa shape index (κ1) is 19.6. The van der Waals surface area contributed by atoms with Crippen LogP contribution in [0, 0.1) is 0 Å². The first-order chi connectivity index (χ1) is 10.2. The maximum Gasteiger partial charge on any atom is 0.233 e. The molecule has 1 unspecified atom stereocenters. The molecule has 22 heavy (non-hydrogen) atoms. The van der Waals surface area contributed by atoms with Crippen molar-refractivity contribution in [3.63, 3.8) is 0 Å². The number of hydrogen-bond donors (Lipinski definition) is 1. The minimum Gasteiger partial charge on any atom is -0.326 e. The van der Waals surface area contributed by atoms with Crippen LogP contribution in [0.5, 0.6) is 0 Å². The molecular weight excluding hydrogens is 339 g/mol. The predicted octanol–water partition coefficient (Wildman–Crippen LogP) is 4.12. The Balaban J connectivity index is 0.00000242. The average Bonchev–Trinajstić information content (AvgIpc) is 2.85. The SMILES string of the molecule is CCCCNCCCN1C(=O)CSC1c1ccc(Cl)cc1.Cl. The number of hydrogen-bond acceptors (Lipinski definition) is 3. The van der Waals surface area contributed by atoms with Crippen LogP contribution in [-0.2, 0) is 4.79 Å². The van der Waals surface area contributed by atoms with Crippen molar-refractivity contribution in [2.75, 3.05) is 25.4 Å². The summed E-state index contributed by atoms with van der Waals surface area (Å²) in [4.78, 5) is 14.0. The fraction of sp³-hybridized carbons (Fsp3) is 0.562. The summed E-state index contributed by atoms with van der Waals surface area (Å²) in [7, 11) is 0. The van der Waals surface area contributed by atoms with Gasteiger partial charge in [-0.2, -0.15) is 0 Å². The van der Waals surface area contributed by atoms with Gasteiger partial charge in [-0.1, -0.05) is 37.1 Å². The van der Waals surface area contributed by atoms with Crippen molar-refractivity contribution in [2.24, 2.45) is 0 Å². The lowest BCUT2D eigenvalue weighted by atomic mass is 10.2. The van der Waals surface area contributed by atoms with Gasteiger partial charge in [-0.15, -0.1) is 24.2 Å². The third-order valence-corrected chi connectivity index (χ3v) is 5.09. The van der Waals surface area contributed by atoms with E-state index in [4.69, 9.17) is 11.6 Å². The van der Waals surface area contributed by atoms with Crippen molar-refractivity contribution in [3.8, 4) is 0 Å². The Bertz CT molecular complexity index is 456. The van der Waals surface area contributed by atoms with Crippen molar-refractivity contribution in [1.82, 2.24) is 10.2 Å². The molecule has 0 saturated carbocycles. The molecule has 1 aromatic carbocycles. The van der Waals surface area contributed by atoms with Gasteiger partial charge in [0, 0.05) is 11.6 Å². The summed E-state index contributed by atoms with van der Waals surface area (Å²) in [6, 6.07) is 7.83. The molecule has 1 heterocycles. The van der Waals surface area contributed by atoms with Crippen LogP contribution < -0.4 is 5.32 Å². The van der Waals surface area contributed by atoms with Gasteiger partial charge in [0.25, 0.3) is 0 Å². The molecule has 6 heteroatoms. The monoisotopic (exact) mass is 362 g/mol. The van der Waals surface area contributed by atoms with Gasteiger partial charge >= 0.3 is 0 Å². The zero-order chi connectivity index (χ0) is 15.1. The number of benzene rings is 1.